The highest BCUT2D eigenvalue weighted by molar-refractivity contribution is 5.83. The van der Waals surface area contributed by atoms with Crippen LogP contribution in [0.5, 0.6) is 11.5 Å². The minimum atomic E-state index is -0.340. The molecule has 5 nitrogen and oxygen atoms in total. The van der Waals surface area contributed by atoms with Gasteiger partial charge in [-0.3, -0.25) is 4.79 Å². The van der Waals surface area contributed by atoms with Crippen LogP contribution in [0.2, 0.25) is 0 Å². The van der Waals surface area contributed by atoms with E-state index in [2.05, 4.69) is 24.4 Å². The van der Waals surface area contributed by atoms with E-state index in [0.29, 0.717) is 11.7 Å². The Morgan fingerprint density at radius 2 is 1.83 bits per heavy atom. The summed E-state index contributed by atoms with van der Waals surface area (Å²) in [5.74, 6) is 0.949. The number of rotatable bonds is 6. The molecule has 0 atom stereocenters. The minimum absolute atomic E-state index is 0.103. The van der Waals surface area contributed by atoms with Crippen molar-refractivity contribution in [2.75, 3.05) is 6.61 Å². The van der Waals surface area contributed by atoms with Gasteiger partial charge in [-0.25, -0.2) is 5.43 Å². The quantitative estimate of drug-likeness (QED) is 0.636. The van der Waals surface area contributed by atoms with Crippen molar-refractivity contribution in [3.05, 3.63) is 59.7 Å². The minimum Gasteiger partial charge on any atom is -0.508 e. The van der Waals surface area contributed by atoms with Gasteiger partial charge in [0.25, 0.3) is 5.91 Å². The van der Waals surface area contributed by atoms with E-state index in [1.165, 1.54) is 11.8 Å². The van der Waals surface area contributed by atoms with Gasteiger partial charge < -0.3 is 9.84 Å². The molecule has 0 aromatic heterocycles. The van der Waals surface area contributed by atoms with Crippen molar-refractivity contribution < 1.29 is 14.6 Å². The maximum absolute atomic E-state index is 11.6. The molecule has 0 spiro atoms. The molecular formula is C18H20N2O3. The van der Waals surface area contributed by atoms with Gasteiger partial charge in [0, 0.05) is 0 Å². The van der Waals surface area contributed by atoms with Crippen LogP contribution in [0.25, 0.3) is 0 Å². The molecular weight excluding hydrogens is 292 g/mol. The fourth-order valence-electron chi connectivity index (χ4n) is 1.87. The summed E-state index contributed by atoms with van der Waals surface area (Å²) in [6.07, 6.45) is 1.49. The first-order valence-electron chi connectivity index (χ1n) is 7.38. The second kappa shape index (κ2) is 7.98. The number of phenols is 1. The Bertz CT molecular complexity index is 662. The maximum atomic E-state index is 11.6. The van der Waals surface area contributed by atoms with Gasteiger partial charge in [-0.1, -0.05) is 26.0 Å². The lowest BCUT2D eigenvalue weighted by Gasteiger charge is -2.08. The number of carbonyl (C=O) groups excluding carboxylic acids is 1. The molecule has 0 aliphatic carbocycles. The van der Waals surface area contributed by atoms with Crippen LogP contribution in [0.15, 0.2) is 53.6 Å². The third-order valence-electron chi connectivity index (χ3n) is 3.21. The number of carbonyl (C=O) groups is 1. The number of nitrogens with one attached hydrogen (secondary N) is 1. The molecule has 0 fully saturated rings. The average Bonchev–Trinajstić information content (AvgIpc) is 2.55. The second-order valence-corrected chi connectivity index (χ2v) is 5.40. The number of hydrazone groups is 1. The van der Waals surface area contributed by atoms with Gasteiger partial charge in [-0.2, -0.15) is 5.10 Å². The summed E-state index contributed by atoms with van der Waals surface area (Å²) in [5.41, 5.74) is 4.38. The highest BCUT2D eigenvalue weighted by Crippen LogP contribution is 2.18. The van der Waals surface area contributed by atoms with Crippen LogP contribution in [-0.4, -0.2) is 23.8 Å². The molecule has 0 saturated carbocycles. The summed E-state index contributed by atoms with van der Waals surface area (Å²) >= 11 is 0. The molecule has 0 heterocycles. The fourth-order valence-corrected chi connectivity index (χ4v) is 1.87. The largest absolute Gasteiger partial charge is 0.508 e. The third-order valence-corrected chi connectivity index (χ3v) is 3.21. The first kappa shape index (κ1) is 16.5. The van der Waals surface area contributed by atoms with Crippen molar-refractivity contribution >= 4 is 12.1 Å². The van der Waals surface area contributed by atoms with Gasteiger partial charge in [0.05, 0.1) is 6.21 Å². The smallest absolute Gasteiger partial charge is 0.277 e. The highest BCUT2D eigenvalue weighted by Gasteiger charge is 2.03. The maximum Gasteiger partial charge on any atom is 0.277 e. The molecule has 0 radical (unpaired) electrons. The van der Waals surface area contributed by atoms with E-state index in [9.17, 15) is 4.79 Å². The predicted octanol–water partition coefficient (Wildman–Crippen LogP) is 3.04. The monoisotopic (exact) mass is 312 g/mol. The average molecular weight is 312 g/mol. The first-order chi connectivity index (χ1) is 11.0. The van der Waals surface area contributed by atoms with Gasteiger partial charge in [0.2, 0.25) is 0 Å². The summed E-state index contributed by atoms with van der Waals surface area (Å²) in [6, 6.07) is 14.2. The van der Waals surface area contributed by atoms with Gasteiger partial charge >= 0.3 is 0 Å². The number of amides is 1. The van der Waals surface area contributed by atoms with Gasteiger partial charge in [-0.05, 0) is 53.4 Å². The van der Waals surface area contributed by atoms with Crippen LogP contribution in [-0.2, 0) is 4.79 Å². The van der Waals surface area contributed by atoms with E-state index in [-0.39, 0.29) is 18.3 Å². The molecule has 23 heavy (non-hydrogen) atoms. The topological polar surface area (TPSA) is 70.9 Å². The standard InChI is InChI=1S/C18H20N2O3/c1-13(2)15-5-9-17(10-6-15)23-12-18(22)20-19-11-14-3-7-16(21)8-4-14/h3-11,13,21H,12H2,1-2H3,(H,20,22). The number of hydrogen-bond donors (Lipinski definition) is 2. The Labute approximate surface area is 135 Å². The number of hydrogen-bond acceptors (Lipinski definition) is 4. The van der Waals surface area contributed by atoms with Gasteiger partial charge in [-0.15, -0.1) is 0 Å². The number of nitrogens with zero attached hydrogens (tertiary/aromatic N) is 1. The number of phenolic OH excluding ortho intramolecular Hbond substituents is 1. The van der Waals surface area contributed by atoms with E-state index < -0.39 is 0 Å². The van der Waals surface area contributed by atoms with Crippen LogP contribution in [0.1, 0.15) is 30.9 Å². The van der Waals surface area contributed by atoms with Gasteiger partial charge in [0.1, 0.15) is 11.5 Å². The van der Waals surface area contributed by atoms with Crippen molar-refractivity contribution in [2.24, 2.45) is 5.10 Å². The Kier molecular flexibility index (Phi) is 5.74. The Morgan fingerprint density at radius 3 is 2.43 bits per heavy atom. The lowest BCUT2D eigenvalue weighted by molar-refractivity contribution is -0.123. The lowest BCUT2D eigenvalue weighted by Crippen LogP contribution is -2.24. The predicted molar refractivity (Wildman–Crippen MR) is 89.9 cm³/mol. The van der Waals surface area contributed by atoms with Crippen molar-refractivity contribution in [3.63, 3.8) is 0 Å². The van der Waals surface area contributed by atoms with Crippen LogP contribution >= 0.6 is 0 Å². The van der Waals surface area contributed by atoms with Crippen LogP contribution in [0, 0.1) is 0 Å². The molecule has 0 aliphatic heterocycles. The number of benzene rings is 2. The van der Waals surface area contributed by atoms with E-state index in [1.54, 1.807) is 24.3 Å². The lowest BCUT2D eigenvalue weighted by atomic mass is 10.0. The van der Waals surface area contributed by atoms with Crippen molar-refractivity contribution in [1.82, 2.24) is 5.43 Å². The summed E-state index contributed by atoms with van der Waals surface area (Å²) in [6.45, 7) is 4.14. The van der Waals surface area contributed by atoms with Crippen LogP contribution in [0.3, 0.4) is 0 Å². The Balaban J connectivity index is 1.77. The molecule has 2 rings (SSSR count). The van der Waals surface area contributed by atoms with Crippen molar-refractivity contribution in [1.29, 1.82) is 0 Å². The molecule has 5 heteroatoms. The normalized spacial score (nSPS) is 10.9. The molecule has 0 bridgehead atoms. The van der Waals surface area contributed by atoms with Gasteiger partial charge in [0.15, 0.2) is 6.61 Å². The Hall–Kier alpha value is -2.82. The molecule has 120 valence electrons. The summed E-state index contributed by atoms with van der Waals surface area (Å²) in [5, 5.41) is 13.0. The summed E-state index contributed by atoms with van der Waals surface area (Å²) in [4.78, 5) is 11.6. The van der Waals surface area contributed by atoms with Crippen LogP contribution in [0.4, 0.5) is 0 Å². The molecule has 0 aliphatic rings. The second-order valence-electron chi connectivity index (χ2n) is 5.40. The molecule has 1 amide bonds. The SMILES string of the molecule is CC(C)c1ccc(OCC(=O)NN=Cc2ccc(O)cc2)cc1. The van der Waals surface area contributed by atoms with Crippen molar-refractivity contribution in [3.8, 4) is 11.5 Å². The zero-order chi connectivity index (χ0) is 16.7. The first-order valence-corrected chi connectivity index (χ1v) is 7.38. The molecule has 2 aromatic carbocycles. The Morgan fingerprint density at radius 1 is 1.17 bits per heavy atom. The third kappa shape index (κ3) is 5.47. The fraction of sp³-hybridized carbons (Fsp3) is 0.222. The zero-order valence-electron chi connectivity index (χ0n) is 13.2. The van der Waals surface area contributed by atoms with E-state index >= 15 is 0 Å². The summed E-state index contributed by atoms with van der Waals surface area (Å²) in [7, 11) is 0. The molecule has 0 unspecified atom stereocenters. The number of ether oxygens (including phenoxy) is 1. The van der Waals surface area contributed by atoms with E-state index in [4.69, 9.17) is 9.84 Å². The highest BCUT2D eigenvalue weighted by atomic mass is 16.5. The molecule has 0 saturated heterocycles. The van der Waals surface area contributed by atoms with E-state index in [1.807, 2.05) is 24.3 Å². The number of aromatic hydroxyl groups is 1. The van der Waals surface area contributed by atoms with Crippen molar-refractivity contribution in [2.45, 2.75) is 19.8 Å². The summed E-state index contributed by atoms with van der Waals surface area (Å²) < 4.78 is 5.40. The van der Waals surface area contributed by atoms with Crippen LogP contribution < -0.4 is 10.2 Å². The molecule has 2 aromatic rings. The zero-order valence-corrected chi connectivity index (χ0v) is 13.2. The molecule has 2 N–H and O–H groups in total. The van der Waals surface area contributed by atoms with E-state index in [0.717, 1.165) is 5.56 Å².